The summed E-state index contributed by atoms with van der Waals surface area (Å²) in [6.07, 6.45) is 2.67. The van der Waals surface area contributed by atoms with Crippen LogP contribution >= 0.6 is 27.7 Å². The number of amides is 2. The number of hydrogen-bond acceptors (Lipinski definition) is 5. The van der Waals surface area contributed by atoms with E-state index in [-0.39, 0.29) is 17.3 Å². The predicted octanol–water partition coefficient (Wildman–Crippen LogP) is 5.62. The Kier molecular flexibility index (Phi) is 11.0. The van der Waals surface area contributed by atoms with Gasteiger partial charge in [-0.25, -0.2) is 8.42 Å². The first-order valence-electron chi connectivity index (χ1n) is 12.6. The Labute approximate surface area is 244 Å². The molecule has 0 unspecified atom stereocenters. The van der Waals surface area contributed by atoms with Crippen LogP contribution in [0.15, 0.2) is 87.1 Å². The highest BCUT2D eigenvalue weighted by molar-refractivity contribution is 9.10. The first kappa shape index (κ1) is 30.7. The molecular formula is C29H34BrN3O4S2. The molecule has 7 nitrogen and oxygen atoms in total. The summed E-state index contributed by atoms with van der Waals surface area (Å²) >= 11 is 4.97. The third kappa shape index (κ3) is 8.09. The van der Waals surface area contributed by atoms with Crippen LogP contribution in [0.1, 0.15) is 31.4 Å². The summed E-state index contributed by atoms with van der Waals surface area (Å²) < 4.78 is 29.7. The molecule has 0 aliphatic carbocycles. The van der Waals surface area contributed by atoms with Crippen LogP contribution in [0.4, 0.5) is 5.69 Å². The van der Waals surface area contributed by atoms with Crippen molar-refractivity contribution in [1.82, 2.24) is 10.2 Å². The molecule has 10 heteroatoms. The van der Waals surface area contributed by atoms with Crippen molar-refractivity contribution in [2.75, 3.05) is 23.7 Å². The first-order chi connectivity index (χ1) is 18.6. The Hall–Kier alpha value is -2.82. The summed E-state index contributed by atoms with van der Waals surface area (Å²) in [6, 6.07) is 20.2. The molecule has 0 aliphatic heterocycles. The molecule has 0 bridgehead atoms. The Bertz CT molecular complexity index is 1380. The van der Waals surface area contributed by atoms with E-state index in [0.29, 0.717) is 12.2 Å². The lowest BCUT2D eigenvalue weighted by molar-refractivity contribution is -0.139. The third-order valence-corrected chi connectivity index (χ3v) is 9.23. The van der Waals surface area contributed by atoms with Crippen molar-refractivity contribution in [3.63, 3.8) is 0 Å². The van der Waals surface area contributed by atoms with E-state index in [4.69, 9.17) is 0 Å². The quantitative estimate of drug-likeness (QED) is 0.262. The number of rotatable bonds is 12. The fourth-order valence-electron chi connectivity index (χ4n) is 3.93. The molecule has 0 heterocycles. The third-order valence-electron chi connectivity index (χ3n) is 6.21. The maximum Gasteiger partial charge on any atom is 0.264 e. The molecule has 3 aromatic carbocycles. The van der Waals surface area contributed by atoms with Crippen LogP contribution in [0, 0.1) is 6.92 Å². The lowest BCUT2D eigenvalue weighted by atomic mass is 10.1. The number of nitrogens with one attached hydrogen (secondary N) is 1. The number of anilines is 1. The minimum absolute atomic E-state index is 0.0842. The van der Waals surface area contributed by atoms with E-state index in [2.05, 4.69) is 21.2 Å². The number of aryl methyl sites for hydroxylation is 1. The largest absolute Gasteiger partial charge is 0.354 e. The van der Waals surface area contributed by atoms with Crippen molar-refractivity contribution < 1.29 is 18.0 Å². The summed E-state index contributed by atoms with van der Waals surface area (Å²) in [6.45, 7) is 5.68. The Balaban J connectivity index is 2.01. The molecule has 39 heavy (non-hydrogen) atoms. The van der Waals surface area contributed by atoms with Gasteiger partial charge in [0.1, 0.15) is 12.6 Å². The van der Waals surface area contributed by atoms with E-state index >= 15 is 0 Å². The second kappa shape index (κ2) is 14.0. The number of halogens is 1. The molecule has 3 aromatic rings. The average Bonchev–Trinajstić information content (AvgIpc) is 2.93. The van der Waals surface area contributed by atoms with Crippen LogP contribution < -0.4 is 9.62 Å². The normalized spacial score (nSPS) is 12.0. The number of carbonyl (C=O) groups excluding carboxylic acids is 2. The summed E-state index contributed by atoms with van der Waals surface area (Å²) in [4.78, 5) is 29.3. The maximum absolute atomic E-state index is 13.9. The molecule has 1 N–H and O–H groups in total. The molecule has 0 fully saturated rings. The van der Waals surface area contributed by atoms with Crippen molar-refractivity contribution >= 4 is 55.2 Å². The zero-order valence-electron chi connectivity index (χ0n) is 22.6. The van der Waals surface area contributed by atoms with E-state index in [9.17, 15) is 18.0 Å². The number of benzene rings is 3. The van der Waals surface area contributed by atoms with Gasteiger partial charge in [-0.3, -0.25) is 13.9 Å². The minimum Gasteiger partial charge on any atom is -0.354 e. The van der Waals surface area contributed by atoms with Crippen molar-refractivity contribution in [2.45, 2.75) is 49.6 Å². The summed E-state index contributed by atoms with van der Waals surface area (Å²) in [5.41, 5.74) is 2.14. The van der Waals surface area contributed by atoms with Crippen LogP contribution in [0.2, 0.25) is 0 Å². The van der Waals surface area contributed by atoms with Crippen molar-refractivity contribution in [3.05, 3.63) is 88.4 Å². The monoisotopic (exact) mass is 631 g/mol. The Morgan fingerprint density at radius 2 is 1.69 bits per heavy atom. The molecule has 2 amide bonds. The first-order valence-corrected chi connectivity index (χ1v) is 16.1. The molecule has 0 saturated heterocycles. The molecule has 0 radical (unpaired) electrons. The number of carbonyl (C=O) groups is 2. The Morgan fingerprint density at radius 3 is 2.28 bits per heavy atom. The molecule has 0 aromatic heterocycles. The van der Waals surface area contributed by atoms with Crippen molar-refractivity contribution in [2.24, 2.45) is 0 Å². The van der Waals surface area contributed by atoms with E-state index < -0.39 is 28.5 Å². The van der Waals surface area contributed by atoms with Crippen LogP contribution in [-0.2, 0) is 26.2 Å². The van der Waals surface area contributed by atoms with Gasteiger partial charge < -0.3 is 10.2 Å². The van der Waals surface area contributed by atoms with Gasteiger partial charge in [-0.05, 0) is 80.6 Å². The van der Waals surface area contributed by atoms with Gasteiger partial charge >= 0.3 is 0 Å². The zero-order valence-corrected chi connectivity index (χ0v) is 25.8. The van der Waals surface area contributed by atoms with Gasteiger partial charge in [0.05, 0.1) is 10.6 Å². The van der Waals surface area contributed by atoms with Gasteiger partial charge in [0, 0.05) is 22.5 Å². The van der Waals surface area contributed by atoms with Gasteiger partial charge in [-0.2, -0.15) is 0 Å². The summed E-state index contributed by atoms with van der Waals surface area (Å²) in [5.74, 6) is -0.781. The van der Waals surface area contributed by atoms with Crippen molar-refractivity contribution in [3.8, 4) is 0 Å². The molecule has 0 spiro atoms. The lowest BCUT2D eigenvalue weighted by Gasteiger charge is -2.32. The van der Waals surface area contributed by atoms with E-state index in [0.717, 1.165) is 31.2 Å². The van der Waals surface area contributed by atoms with Gasteiger partial charge in [-0.15, -0.1) is 11.8 Å². The van der Waals surface area contributed by atoms with Gasteiger partial charge in [0.25, 0.3) is 10.0 Å². The van der Waals surface area contributed by atoms with Gasteiger partial charge in [0.2, 0.25) is 11.8 Å². The van der Waals surface area contributed by atoms with E-state index in [1.165, 1.54) is 16.7 Å². The summed E-state index contributed by atoms with van der Waals surface area (Å²) in [5, 5.41) is 2.85. The number of hydrogen-bond donors (Lipinski definition) is 1. The SMILES string of the molecule is CCCNC(=O)[C@H](C)N(Cc1cccc(Br)c1)C(=O)CN(c1ccc(C)cc1)S(=O)(=O)c1ccc(SC)cc1. The molecule has 0 aliphatic rings. The summed E-state index contributed by atoms with van der Waals surface area (Å²) in [7, 11) is -4.09. The Morgan fingerprint density at radius 1 is 1.03 bits per heavy atom. The van der Waals surface area contributed by atoms with E-state index in [1.54, 1.807) is 55.5 Å². The van der Waals surface area contributed by atoms with E-state index in [1.807, 2.05) is 44.4 Å². The molecule has 1 atom stereocenters. The second-order valence-electron chi connectivity index (χ2n) is 9.14. The minimum atomic E-state index is -4.09. The van der Waals surface area contributed by atoms with Crippen LogP contribution in [0.3, 0.4) is 0 Å². The number of thioether (sulfide) groups is 1. The molecule has 208 valence electrons. The smallest absolute Gasteiger partial charge is 0.264 e. The highest BCUT2D eigenvalue weighted by Gasteiger charge is 2.32. The molecular weight excluding hydrogens is 598 g/mol. The number of sulfonamides is 1. The molecule has 0 saturated carbocycles. The highest BCUT2D eigenvalue weighted by atomic mass is 79.9. The predicted molar refractivity (Wildman–Crippen MR) is 161 cm³/mol. The topological polar surface area (TPSA) is 86.8 Å². The fourth-order valence-corrected chi connectivity index (χ4v) is 6.19. The average molecular weight is 633 g/mol. The number of nitrogens with zero attached hydrogens (tertiary/aromatic N) is 2. The molecule has 3 rings (SSSR count). The zero-order chi connectivity index (χ0) is 28.6. The van der Waals surface area contributed by atoms with Crippen LogP contribution in [-0.4, -0.2) is 50.5 Å². The van der Waals surface area contributed by atoms with Crippen molar-refractivity contribution in [1.29, 1.82) is 0 Å². The van der Waals surface area contributed by atoms with Crippen LogP contribution in [0.5, 0.6) is 0 Å². The maximum atomic E-state index is 13.9. The lowest BCUT2D eigenvalue weighted by Crippen LogP contribution is -2.51. The van der Waals surface area contributed by atoms with Gasteiger partial charge in [0.15, 0.2) is 0 Å². The van der Waals surface area contributed by atoms with Gasteiger partial charge in [-0.1, -0.05) is 52.7 Å². The fraction of sp³-hybridized carbons (Fsp3) is 0.310. The highest BCUT2D eigenvalue weighted by Crippen LogP contribution is 2.26. The standard InChI is InChI=1S/C29H34BrN3O4S2/c1-5-17-31-29(35)22(3)32(19-23-7-6-8-24(30)18-23)28(34)20-33(25-11-9-21(2)10-12-25)39(36,37)27-15-13-26(38-4)14-16-27/h6-16,18,22H,5,17,19-20H2,1-4H3,(H,31,35)/t22-/m0/s1. The second-order valence-corrected chi connectivity index (χ2v) is 12.8. The van der Waals surface area contributed by atoms with Crippen LogP contribution in [0.25, 0.3) is 0 Å².